The van der Waals surface area contributed by atoms with E-state index in [2.05, 4.69) is 20.9 Å². The summed E-state index contributed by atoms with van der Waals surface area (Å²) < 4.78 is 7.53. The van der Waals surface area contributed by atoms with Crippen molar-refractivity contribution >= 4 is 21.6 Å². The number of hydrogen-bond acceptors (Lipinski definition) is 4. The Labute approximate surface area is 119 Å². The number of nitrogen functional groups attached to an aromatic ring is 1. The molecule has 0 aliphatic carbocycles. The van der Waals surface area contributed by atoms with Crippen LogP contribution in [0.3, 0.4) is 0 Å². The molecule has 0 atom stereocenters. The molecule has 2 aromatic rings. The first kappa shape index (κ1) is 13.6. The first-order valence-corrected chi connectivity index (χ1v) is 6.57. The summed E-state index contributed by atoms with van der Waals surface area (Å²) in [5.41, 5.74) is 6.85. The van der Waals surface area contributed by atoms with Crippen LogP contribution in [-0.4, -0.2) is 16.2 Å². The Morgan fingerprint density at radius 3 is 2.74 bits per heavy atom. The average Bonchev–Trinajstić information content (AvgIpc) is 2.41. The summed E-state index contributed by atoms with van der Waals surface area (Å²) in [4.78, 5) is 16.0. The minimum absolute atomic E-state index is 0.103. The summed E-state index contributed by atoms with van der Waals surface area (Å²) in [6, 6.07) is 7.12. The molecular formula is C13H14BrN3O2. The minimum atomic E-state index is -0.103. The van der Waals surface area contributed by atoms with Crippen LogP contribution < -0.4 is 16.0 Å². The fourth-order valence-electron chi connectivity index (χ4n) is 1.53. The van der Waals surface area contributed by atoms with Crippen molar-refractivity contribution in [3.8, 4) is 5.75 Å². The van der Waals surface area contributed by atoms with E-state index in [1.807, 2.05) is 0 Å². The molecule has 2 rings (SSSR count). The van der Waals surface area contributed by atoms with Crippen LogP contribution in [0.25, 0.3) is 0 Å². The summed E-state index contributed by atoms with van der Waals surface area (Å²) in [7, 11) is 0. The zero-order valence-electron chi connectivity index (χ0n) is 10.5. The third kappa shape index (κ3) is 3.35. The van der Waals surface area contributed by atoms with Gasteiger partial charge in [-0.2, -0.15) is 0 Å². The van der Waals surface area contributed by atoms with Gasteiger partial charge in [-0.25, -0.2) is 4.98 Å². The lowest BCUT2D eigenvalue weighted by Gasteiger charge is -2.09. The molecule has 0 spiro atoms. The molecule has 5 nitrogen and oxygen atoms in total. The van der Waals surface area contributed by atoms with Crippen molar-refractivity contribution in [3.63, 3.8) is 0 Å². The van der Waals surface area contributed by atoms with Crippen LogP contribution in [0.4, 0.5) is 5.69 Å². The zero-order chi connectivity index (χ0) is 13.8. The van der Waals surface area contributed by atoms with E-state index >= 15 is 0 Å². The van der Waals surface area contributed by atoms with Crippen molar-refractivity contribution < 1.29 is 4.74 Å². The van der Waals surface area contributed by atoms with Gasteiger partial charge < -0.3 is 10.5 Å². The van der Waals surface area contributed by atoms with Gasteiger partial charge in [-0.05, 0) is 47.1 Å². The molecule has 0 unspecified atom stereocenters. The van der Waals surface area contributed by atoms with Crippen LogP contribution in [-0.2, 0) is 6.54 Å². The number of aryl methyl sites for hydroxylation is 1. The highest BCUT2D eigenvalue weighted by Gasteiger charge is 2.05. The molecule has 0 radical (unpaired) electrons. The molecule has 1 aromatic carbocycles. The summed E-state index contributed by atoms with van der Waals surface area (Å²) in [6.45, 7) is 2.61. The Kier molecular flexibility index (Phi) is 4.21. The standard InChI is InChI=1S/C13H14BrN3O2/c1-9-12(14)13(18)17(8-16-9)6-7-19-11-4-2-10(15)3-5-11/h2-5,8H,6-7,15H2,1H3. The Bertz CT molecular complexity index is 623. The molecular weight excluding hydrogens is 310 g/mol. The van der Waals surface area contributed by atoms with E-state index in [0.29, 0.717) is 29.0 Å². The van der Waals surface area contributed by atoms with Gasteiger partial charge in [-0.15, -0.1) is 0 Å². The van der Waals surface area contributed by atoms with Crippen molar-refractivity contribution in [3.05, 3.63) is 51.1 Å². The second-order valence-corrected chi connectivity index (χ2v) is 4.85. The average molecular weight is 324 g/mol. The van der Waals surface area contributed by atoms with Gasteiger partial charge in [0.1, 0.15) is 16.8 Å². The lowest BCUT2D eigenvalue weighted by atomic mass is 10.3. The second kappa shape index (κ2) is 5.88. The second-order valence-electron chi connectivity index (χ2n) is 4.06. The van der Waals surface area contributed by atoms with Crippen molar-refractivity contribution in [2.75, 3.05) is 12.3 Å². The summed E-state index contributed by atoms with van der Waals surface area (Å²) in [5.74, 6) is 0.724. The quantitative estimate of drug-likeness (QED) is 0.873. The Morgan fingerprint density at radius 1 is 1.37 bits per heavy atom. The zero-order valence-corrected chi connectivity index (χ0v) is 12.1. The van der Waals surface area contributed by atoms with E-state index in [-0.39, 0.29) is 5.56 Å². The number of ether oxygens (including phenoxy) is 1. The fraction of sp³-hybridized carbons (Fsp3) is 0.231. The maximum Gasteiger partial charge on any atom is 0.267 e. The molecule has 0 saturated heterocycles. The highest BCUT2D eigenvalue weighted by atomic mass is 79.9. The molecule has 100 valence electrons. The van der Waals surface area contributed by atoms with Gasteiger partial charge in [0.15, 0.2) is 0 Å². The molecule has 19 heavy (non-hydrogen) atoms. The predicted molar refractivity (Wildman–Crippen MR) is 77.3 cm³/mol. The van der Waals surface area contributed by atoms with Gasteiger partial charge in [0, 0.05) is 5.69 Å². The topological polar surface area (TPSA) is 70.1 Å². The van der Waals surface area contributed by atoms with E-state index in [9.17, 15) is 4.79 Å². The summed E-state index contributed by atoms with van der Waals surface area (Å²) >= 11 is 3.22. The van der Waals surface area contributed by atoms with Gasteiger partial charge >= 0.3 is 0 Å². The smallest absolute Gasteiger partial charge is 0.267 e. The third-order valence-electron chi connectivity index (χ3n) is 2.64. The highest BCUT2D eigenvalue weighted by molar-refractivity contribution is 9.10. The SMILES string of the molecule is Cc1ncn(CCOc2ccc(N)cc2)c(=O)c1Br. The number of hydrogen-bond donors (Lipinski definition) is 1. The van der Waals surface area contributed by atoms with Gasteiger partial charge in [-0.3, -0.25) is 9.36 Å². The highest BCUT2D eigenvalue weighted by Crippen LogP contribution is 2.13. The maximum atomic E-state index is 11.9. The molecule has 0 amide bonds. The Balaban J connectivity index is 1.98. The monoisotopic (exact) mass is 323 g/mol. The van der Waals surface area contributed by atoms with E-state index in [1.54, 1.807) is 31.2 Å². The molecule has 0 fully saturated rings. The molecule has 0 aliphatic heterocycles. The molecule has 1 aromatic heterocycles. The van der Waals surface area contributed by atoms with Crippen molar-refractivity contribution in [1.29, 1.82) is 0 Å². The maximum absolute atomic E-state index is 11.9. The van der Waals surface area contributed by atoms with Crippen molar-refractivity contribution in [1.82, 2.24) is 9.55 Å². The number of halogens is 1. The van der Waals surface area contributed by atoms with E-state index < -0.39 is 0 Å². The molecule has 0 saturated carbocycles. The van der Waals surface area contributed by atoms with Gasteiger partial charge in [-0.1, -0.05) is 0 Å². The lowest BCUT2D eigenvalue weighted by Crippen LogP contribution is -2.24. The lowest BCUT2D eigenvalue weighted by molar-refractivity contribution is 0.295. The molecule has 2 N–H and O–H groups in total. The minimum Gasteiger partial charge on any atom is -0.492 e. The van der Waals surface area contributed by atoms with Crippen molar-refractivity contribution in [2.45, 2.75) is 13.5 Å². The Hall–Kier alpha value is -1.82. The molecule has 1 heterocycles. The van der Waals surface area contributed by atoms with E-state index in [4.69, 9.17) is 10.5 Å². The first-order valence-electron chi connectivity index (χ1n) is 5.78. The first-order chi connectivity index (χ1) is 9.08. The number of nitrogens with two attached hydrogens (primary N) is 1. The van der Waals surface area contributed by atoms with Crippen LogP contribution in [0.5, 0.6) is 5.75 Å². The van der Waals surface area contributed by atoms with Crippen molar-refractivity contribution in [2.24, 2.45) is 0 Å². The van der Waals surface area contributed by atoms with Crippen LogP contribution in [0.1, 0.15) is 5.69 Å². The molecule has 0 bridgehead atoms. The number of benzene rings is 1. The molecule has 6 heteroatoms. The number of rotatable bonds is 4. The van der Waals surface area contributed by atoms with Crippen LogP contribution in [0.15, 0.2) is 39.9 Å². The summed E-state index contributed by atoms with van der Waals surface area (Å²) in [5, 5.41) is 0. The van der Waals surface area contributed by atoms with Gasteiger partial charge in [0.2, 0.25) is 0 Å². The normalized spacial score (nSPS) is 10.4. The Morgan fingerprint density at radius 2 is 2.05 bits per heavy atom. The number of aromatic nitrogens is 2. The van der Waals surface area contributed by atoms with E-state index in [1.165, 1.54) is 10.9 Å². The summed E-state index contributed by atoms with van der Waals surface area (Å²) in [6.07, 6.45) is 1.52. The van der Waals surface area contributed by atoms with Gasteiger partial charge in [0.25, 0.3) is 5.56 Å². The largest absolute Gasteiger partial charge is 0.492 e. The number of anilines is 1. The van der Waals surface area contributed by atoms with Crippen LogP contribution >= 0.6 is 15.9 Å². The fourth-order valence-corrected chi connectivity index (χ4v) is 1.86. The van der Waals surface area contributed by atoms with E-state index in [0.717, 1.165) is 5.75 Å². The van der Waals surface area contributed by atoms with Gasteiger partial charge in [0.05, 0.1) is 18.6 Å². The number of nitrogens with zero attached hydrogens (tertiary/aromatic N) is 2. The third-order valence-corrected chi connectivity index (χ3v) is 3.55. The van der Waals surface area contributed by atoms with Crippen LogP contribution in [0.2, 0.25) is 0 Å². The van der Waals surface area contributed by atoms with Crippen LogP contribution in [0, 0.1) is 6.92 Å². The predicted octanol–water partition coefficient (Wildman–Crippen LogP) is 1.98. The molecule has 0 aliphatic rings.